The largest absolute Gasteiger partial charge is 0.375 e. The van der Waals surface area contributed by atoms with Crippen molar-refractivity contribution >= 4 is 44.6 Å². The summed E-state index contributed by atoms with van der Waals surface area (Å²) in [4.78, 5) is 14.1. The molecule has 0 bridgehead atoms. The van der Waals surface area contributed by atoms with E-state index in [-0.39, 0.29) is 16.7 Å². The van der Waals surface area contributed by atoms with E-state index in [0.717, 1.165) is 34.3 Å². The molecule has 1 amide bonds. The van der Waals surface area contributed by atoms with Gasteiger partial charge in [-0.2, -0.15) is 4.31 Å². The topological polar surface area (TPSA) is 69.7 Å². The minimum Gasteiger partial charge on any atom is -0.375 e. The molecule has 1 N–H and O–H groups in total. The van der Waals surface area contributed by atoms with Crippen LogP contribution in [0.1, 0.15) is 6.42 Å². The molecule has 0 aliphatic carbocycles. The monoisotopic (exact) mass is 415 g/mol. The molecular formula is C17H22ClN3O3S2. The van der Waals surface area contributed by atoms with Crippen molar-refractivity contribution in [1.82, 2.24) is 9.62 Å². The molecule has 0 aliphatic heterocycles. The SMILES string of the molecule is CN(CCCNC(=O)CN(C)S(=O)(=O)c1ccc(Cl)s1)c1ccccc1. The first-order valence-corrected chi connectivity index (χ1v) is 10.7. The van der Waals surface area contributed by atoms with Crippen LogP contribution in [0.15, 0.2) is 46.7 Å². The average molecular weight is 416 g/mol. The zero-order valence-corrected chi connectivity index (χ0v) is 17.1. The van der Waals surface area contributed by atoms with Gasteiger partial charge in [-0.1, -0.05) is 29.8 Å². The number of hydrogen-bond acceptors (Lipinski definition) is 5. The zero-order chi connectivity index (χ0) is 19.2. The number of nitrogens with zero attached hydrogens (tertiary/aromatic N) is 2. The standard InChI is InChI=1S/C17H22ClN3O3S2/c1-20(14-7-4-3-5-8-14)12-6-11-19-16(22)13-21(2)26(23,24)17-10-9-15(18)25-17/h3-5,7-10H,6,11-13H2,1-2H3,(H,19,22). The maximum absolute atomic E-state index is 12.3. The summed E-state index contributed by atoms with van der Waals surface area (Å²) in [6, 6.07) is 12.9. The van der Waals surface area contributed by atoms with Crippen molar-refractivity contribution in [2.75, 3.05) is 38.6 Å². The quantitative estimate of drug-likeness (QED) is 0.639. The van der Waals surface area contributed by atoms with Crippen molar-refractivity contribution in [2.24, 2.45) is 0 Å². The molecule has 0 saturated heterocycles. The van der Waals surface area contributed by atoms with Gasteiger partial charge in [0.1, 0.15) is 4.21 Å². The van der Waals surface area contributed by atoms with Gasteiger partial charge >= 0.3 is 0 Å². The van der Waals surface area contributed by atoms with Gasteiger partial charge in [0.2, 0.25) is 5.91 Å². The highest BCUT2D eigenvalue weighted by Crippen LogP contribution is 2.27. The van der Waals surface area contributed by atoms with Gasteiger partial charge in [0.25, 0.3) is 10.0 Å². The molecule has 2 aromatic rings. The normalized spacial score (nSPS) is 11.5. The summed E-state index contributed by atoms with van der Waals surface area (Å²) in [5.74, 6) is -0.332. The molecule has 0 fully saturated rings. The maximum Gasteiger partial charge on any atom is 0.252 e. The van der Waals surface area contributed by atoms with E-state index in [1.807, 2.05) is 37.4 Å². The minimum absolute atomic E-state index is 0.127. The first-order chi connectivity index (χ1) is 12.3. The summed E-state index contributed by atoms with van der Waals surface area (Å²) in [5, 5.41) is 2.75. The van der Waals surface area contributed by atoms with E-state index in [4.69, 9.17) is 11.6 Å². The number of halogens is 1. The van der Waals surface area contributed by atoms with Crippen LogP contribution < -0.4 is 10.2 Å². The van der Waals surface area contributed by atoms with Crippen molar-refractivity contribution in [3.8, 4) is 0 Å². The number of anilines is 1. The second-order valence-electron chi connectivity index (χ2n) is 5.78. The Labute approximate surface area is 163 Å². The van der Waals surface area contributed by atoms with Crippen LogP contribution in [0.25, 0.3) is 0 Å². The lowest BCUT2D eigenvalue weighted by molar-refractivity contribution is -0.121. The smallest absolute Gasteiger partial charge is 0.252 e. The third kappa shape index (κ3) is 5.70. The number of sulfonamides is 1. The maximum atomic E-state index is 12.3. The minimum atomic E-state index is -3.69. The lowest BCUT2D eigenvalue weighted by Crippen LogP contribution is -2.39. The Morgan fingerprint density at radius 1 is 1.15 bits per heavy atom. The van der Waals surface area contributed by atoms with E-state index in [0.29, 0.717) is 10.9 Å². The van der Waals surface area contributed by atoms with Crippen molar-refractivity contribution in [3.05, 3.63) is 46.8 Å². The molecule has 9 heteroatoms. The lowest BCUT2D eigenvalue weighted by atomic mass is 10.3. The van der Waals surface area contributed by atoms with Gasteiger partial charge in [-0.05, 0) is 30.7 Å². The summed E-state index contributed by atoms with van der Waals surface area (Å²) < 4.78 is 26.2. The number of carbonyl (C=O) groups excluding carboxylic acids is 1. The van der Waals surface area contributed by atoms with Crippen LogP contribution in [-0.4, -0.2) is 52.4 Å². The van der Waals surface area contributed by atoms with Crippen LogP contribution in [-0.2, 0) is 14.8 Å². The predicted molar refractivity (Wildman–Crippen MR) is 106 cm³/mol. The number of benzene rings is 1. The fourth-order valence-electron chi connectivity index (χ4n) is 2.29. The van der Waals surface area contributed by atoms with Crippen molar-refractivity contribution < 1.29 is 13.2 Å². The highest BCUT2D eigenvalue weighted by molar-refractivity contribution is 7.91. The first-order valence-electron chi connectivity index (χ1n) is 8.05. The molecule has 1 aromatic heterocycles. The van der Waals surface area contributed by atoms with Crippen molar-refractivity contribution in [1.29, 1.82) is 0 Å². The highest BCUT2D eigenvalue weighted by Gasteiger charge is 2.24. The van der Waals surface area contributed by atoms with E-state index in [1.54, 1.807) is 0 Å². The van der Waals surface area contributed by atoms with Gasteiger partial charge in [0, 0.05) is 32.9 Å². The Hall–Kier alpha value is -1.61. The molecule has 2 rings (SSSR count). The number of thiophene rings is 1. The van der Waals surface area contributed by atoms with E-state index in [9.17, 15) is 13.2 Å². The summed E-state index contributed by atoms with van der Waals surface area (Å²) in [5.41, 5.74) is 1.11. The molecule has 0 aliphatic rings. The Morgan fingerprint density at radius 3 is 2.46 bits per heavy atom. The molecule has 26 heavy (non-hydrogen) atoms. The Bertz CT molecular complexity index is 825. The molecule has 0 unspecified atom stereocenters. The number of para-hydroxylation sites is 1. The number of amides is 1. The molecular weight excluding hydrogens is 394 g/mol. The van der Waals surface area contributed by atoms with Crippen molar-refractivity contribution in [3.63, 3.8) is 0 Å². The summed E-state index contributed by atoms with van der Waals surface area (Å²) in [7, 11) is -0.325. The van der Waals surface area contributed by atoms with E-state index in [1.165, 1.54) is 19.2 Å². The summed E-state index contributed by atoms with van der Waals surface area (Å²) in [6.45, 7) is 1.03. The first kappa shape index (κ1) is 20.7. The number of hydrogen-bond donors (Lipinski definition) is 1. The fraction of sp³-hybridized carbons (Fsp3) is 0.353. The van der Waals surface area contributed by atoms with Gasteiger partial charge in [-0.3, -0.25) is 4.79 Å². The Balaban J connectivity index is 1.74. The molecule has 142 valence electrons. The van der Waals surface area contributed by atoms with Gasteiger partial charge in [-0.25, -0.2) is 8.42 Å². The van der Waals surface area contributed by atoms with Crippen LogP contribution in [0.4, 0.5) is 5.69 Å². The second-order valence-corrected chi connectivity index (χ2v) is 9.77. The van der Waals surface area contributed by atoms with Gasteiger partial charge in [0.05, 0.1) is 10.9 Å². The fourth-order valence-corrected chi connectivity index (χ4v) is 5.11. The predicted octanol–water partition coefficient (Wildman–Crippen LogP) is 2.66. The third-order valence-electron chi connectivity index (χ3n) is 3.77. The summed E-state index contributed by atoms with van der Waals surface area (Å²) in [6.07, 6.45) is 0.758. The van der Waals surface area contributed by atoms with E-state index in [2.05, 4.69) is 10.2 Å². The molecule has 6 nitrogen and oxygen atoms in total. The van der Waals surface area contributed by atoms with Crippen molar-refractivity contribution in [2.45, 2.75) is 10.6 Å². The third-order valence-corrected chi connectivity index (χ3v) is 7.27. The molecule has 0 radical (unpaired) electrons. The lowest BCUT2D eigenvalue weighted by Gasteiger charge is -2.19. The van der Waals surface area contributed by atoms with Gasteiger partial charge in [0.15, 0.2) is 0 Å². The van der Waals surface area contributed by atoms with E-state index < -0.39 is 10.0 Å². The van der Waals surface area contributed by atoms with E-state index >= 15 is 0 Å². The molecule has 1 heterocycles. The molecule has 0 spiro atoms. The second kappa shape index (κ2) is 9.36. The molecule has 0 atom stereocenters. The van der Waals surface area contributed by atoms with Crippen LogP contribution >= 0.6 is 22.9 Å². The molecule has 1 aromatic carbocycles. The highest BCUT2D eigenvalue weighted by atomic mass is 35.5. The number of carbonyl (C=O) groups is 1. The van der Waals surface area contributed by atoms with Crippen LogP contribution in [0.3, 0.4) is 0 Å². The Kier molecular flexibility index (Phi) is 7.45. The number of likely N-dealkylation sites (N-methyl/N-ethyl adjacent to an activating group) is 1. The number of rotatable bonds is 9. The van der Waals surface area contributed by atoms with Crippen LogP contribution in [0.2, 0.25) is 4.34 Å². The summed E-state index contributed by atoms with van der Waals surface area (Å²) >= 11 is 6.75. The molecule has 0 saturated carbocycles. The van der Waals surface area contributed by atoms with Gasteiger partial charge < -0.3 is 10.2 Å². The van der Waals surface area contributed by atoms with Crippen LogP contribution in [0.5, 0.6) is 0 Å². The number of nitrogens with one attached hydrogen (secondary N) is 1. The average Bonchev–Trinajstić information content (AvgIpc) is 3.06. The van der Waals surface area contributed by atoms with Gasteiger partial charge in [-0.15, -0.1) is 11.3 Å². The Morgan fingerprint density at radius 2 is 1.85 bits per heavy atom. The van der Waals surface area contributed by atoms with Crippen LogP contribution in [0, 0.1) is 0 Å². The zero-order valence-electron chi connectivity index (χ0n) is 14.7.